The van der Waals surface area contributed by atoms with Gasteiger partial charge in [-0.25, -0.2) is 4.98 Å². The van der Waals surface area contributed by atoms with E-state index in [9.17, 15) is 10.3 Å². The number of para-hydroxylation sites is 1. The van der Waals surface area contributed by atoms with Gasteiger partial charge in [0.25, 0.3) is 0 Å². The molecule has 1 aromatic carbocycles. The summed E-state index contributed by atoms with van der Waals surface area (Å²) >= 11 is 0. The fourth-order valence-corrected chi connectivity index (χ4v) is 1.97. The van der Waals surface area contributed by atoms with Crippen LogP contribution in [0.4, 0.5) is 0 Å². The first kappa shape index (κ1) is 9.89. The van der Waals surface area contributed by atoms with Crippen LogP contribution >= 0.6 is 0 Å². The average molecular weight is 230 g/mol. The normalized spacial score (nSPS) is 15.3. The minimum Gasteiger partial charge on any atom is -0.506 e. The zero-order valence-corrected chi connectivity index (χ0v) is 9.09. The number of nitrogens with one attached hydrogen (secondary N) is 1. The van der Waals surface area contributed by atoms with Gasteiger partial charge in [-0.05, 0) is 12.1 Å². The summed E-state index contributed by atoms with van der Waals surface area (Å²) in [4.78, 5) is 4.36. The predicted molar refractivity (Wildman–Crippen MR) is 62.4 cm³/mol. The fraction of sp³-hybridized carbons (Fsp3) is 0.167. The summed E-state index contributed by atoms with van der Waals surface area (Å²) in [6.45, 7) is 1.22. The van der Waals surface area contributed by atoms with Gasteiger partial charge in [0.1, 0.15) is 17.8 Å². The minimum absolute atomic E-state index is 0.146. The van der Waals surface area contributed by atoms with Crippen molar-refractivity contribution in [1.82, 2.24) is 10.3 Å². The molecule has 0 atom stereocenters. The zero-order chi connectivity index (χ0) is 11.8. The topological polar surface area (TPSA) is 68.4 Å². The number of nitrogens with zero attached hydrogens (tertiary/aromatic N) is 2. The van der Waals surface area contributed by atoms with Gasteiger partial charge in [0, 0.05) is 5.39 Å². The second-order valence-corrected chi connectivity index (χ2v) is 3.94. The number of aromatic hydroxyl groups is 1. The maximum atomic E-state index is 9.74. The quantitative estimate of drug-likeness (QED) is 0.498. The molecule has 0 fully saturated rings. The van der Waals surface area contributed by atoms with Crippen LogP contribution in [-0.4, -0.2) is 39.0 Å². The van der Waals surface area contributed by atoms with Gasteiger partial charge in [-0.2, -0.15) is 0 Å². The van der Waals surface area contributed by atoms with Gasteiger partial charge in [0.05, 0.1) is 0 Å². The molecule has 0 amide bonds. The highest BCUT2D eigenvalue weighted by molar-refractivity contribution is 5.96. The molecule has 0 aliphatic carbocycles. The molecule has 0 saturated carbocycles. The number of hydrogen-bond donors (Lipinski definition) is 3. The van der Waals surface area contributed by atoms with Crippen LogP contribution in [0.5, 0.6) is 5.75 Å². The fourth-order valence-electron chi connectivity index (χ4n) is 1.97. The van der Waals surface area contributed by atoms with Gasteiger partial charge >= 0.3 is 5.84 Å². The molecule has 1 aromatic heterocycles. The number of amidine groups is 1. The summed E-state index contributed by atoms with van der Waals surface area (Å²) in [6.07, 6.45) is 0. The number of aromatic nitrogens is 1. The van der Waals surface area contributed by atoms with Gasteiger partial charge in [0.15, 0.2) is 12.2 Å². The Kier molecular flexibility index (Phi) is 2.11. The molecule has 2 heterocycles. The Morgan fingerprint density at radius 1 is 1.24 bits per heavy atom. The van der Waals surface area contributed by atoms with Crippen molar-refractivity contribution in [3.8, 4) is 5.75 Å². The number of hydrogen-bond acceptors (Lipinski definition) is 4. The summed E-state index contributed by atoms with van der Waals surface area (Å²) < 4.78 is 1.13. The molecule has 0 radical (unpaired) electrons. The largest absolute Gasteiger partial charge is 0.506 e. The molecular weight excluding hydrogens is 218 g/mol. The predicted octanol–water partition coefficient (Wildman–Crippen LogP) is 0.692. The maximum absolute atomic E-state index is 9.74. The molecule has 5 heteroatoms. The highest BCUT2D eigenvalue weighted by Crippen LogP contribution is 2.22. The molecule has 0 bridgehead atoms. The van der Waals surface area contributed by atoms with E-state index in [4.69, 9.17) is 0 Å². The van der Waals surface area contributed by atoms with Gasteiger partial charge in [-0.1, -0.05) is 22.9 Å². The SMILES string of the molecule is Oc1cccc2ccc(C3=[N+](O)CCN3)nc12. The molecule has 3 N–H and O–H groups in total. The molecule has 17 heavy (non-hydrogen) atoms. The van der Waals surface area contributed by atoms with Crippen LogP contribution in [0.1, 0.15) is 5.69 Å². The van der Waals surface area contributed by atoms with E-state index in [1.807, 2.05) is 18.2 Å². The van der Waals surface area contributed by atoms with E-state index >= 15 is 0 Å². The van der Waals surface area contributed by atoms with Crippen molar-refractivity contribution in [2.45, 2.75) is 0 Å². The average Bonchev–Trinajstić information content (AvgIpc) is 2.76. The lowest BCUT2D eigenvalue weighted by Crippen LogP contribution is -2.23. The number of phenolic OH excluding ortho intramolecular Hbond substituents is 1. The van der Waals surface area contributed by atoms with E-state index in [1.54, 1.807) is 12.1 Å². The first-order valence-electron chi connectivity index (χ1n) is 5.42. The van der Waals surface area contributed by atoms with Crippen LogP contribution in [0.2, 0.25) is 0 Å². The van der Waals surface area contributed by atoms with Crippen molar-refractivity contribution in [2.24, 2.45) is 0 Å². The van der Waals surface area contributed by atoms with E-state index in [0.29, 0.717) is 30.1 Å². The molecule has 1 aliphatic heterocycles. The molecule has 3 rings (SSSR count). The molecule has 1 aliphatic rings. The third-order valence-corrected chi connectivity index (χ3v) is 2.82. The van der Waals surface area contributed by atoms with Gasteiger partial charge < -0.3 is 10.3 Å². The first-order valence-corrected chi connectivity index (χ1v) is 5.42. The Hall–Kier alpha value is -2.30. The summed E-state index contributed by atoms with van der Waals surface area (Å²) in [5, 5.41) is 23.3. The van der Waals surface area contributed by atoms with Crippen molar-refractivity contribution in [3.63, 3.8) is 0 Å². The van der Waals surface area contributed by atoms with Crippen molar-refractivity contribution >= 4 is 16.7 Å². The Labute approximate surface area is 97.6 Å². The highest BCUT2D eigenvalue weighted by Gasteiger charge is 2.24. The second-order valence-electron chi connectivity index (χ2n) is 3.94. The monoisotopic (exact) mass is 230 g/mol. The lowest BCUT2D eigenvalue weighted by molar-refractivity contribution is -0.768. The maximum Gasteiger partial charge on any atom is 0.334 e. The molecule has 0 saturated heterocycles. The van der Waals surface area contributed by atoms with E-state index < -0.39 is 0 Å². The number of hydroxylamine groups is 1. The highest BCUT2D eigenvalue weighted by atomic mass is 16.5. The third-order valence-electron chi connectivity index (χ3n) is 2.82. The van der Waals surface area contributed by atoms with Crippen molar-refractivity contribution in [1.29, 1.82) is 0 Å². The Balaban J connectivity index is 2.20. The molecular formula is C12H12N3O2+. The molecule has 0 spiro atoms. The van der Waals surface area contributed by atoms with E-state index in [-0.39, 0.29) is 5.75 Å². The molecule has 86 valence electrons. The summed E-state index contributed by atoms with van der Waals surface area (Å²) in [5.41, 5.74) is 1.17. The van der Waals surface area contributed by atoms with Gasteiger partial charge in [0.2, 0.25) is 0 Å². The smallest absolute Gasteiger partial charge is 0.334 e. The van der Waals surface area contributed by atoms with E-state index in [2.05, 4.69) is 10.3 Å². The van der Waals surface area contributed by atoms with Gasteiger partial charge in [-0.3, -0.25) is 5.32 Å². The Bertz CT molecular complexity index is 622. The number of phenols is 1. The number of pyridine rings is 1. The molecule has 5 nitrogen and oxygen atoms in total. The lowest BCUT2D eigenvalue weighted by atomic mass is 10.2. The van der Waals surface area contributed by atoms with Crippen LogP contribution in [0.25, 0.3) is 10.9 Å². The second kappa shape index (κ2) is 3.62. The van der Waals surface area contributed by atoms with Crippen molar-refractivity contribution in [2.75, 3.05) is 13.1 Å². The Morgan fingerprint density at radius 2 is 2.12 bits per heavy atom. The van der Waals surface area contributed by atoms with Crippen molar-refractivity contribution < 1.29 is 15.1 Å². The van der Waals surface area contributed by atoms with Gasteiger partial charge in [-0.15, -0.1) is 0 Å². The molecule has 0 unspecified atom stereocenters. The first-order chi connectivity index (χ1) is 8.25. The standard InChI is InChI=1S/C12H11N3O2/c16-10-3-1-2-8-4-5-9(14-11(8)10)12-13-6-7-15(12)17/h1-5,17H,6-7H2,(H,13,16)/p+1. The number of fused-ring (bicyclic) bond motifs is 1. The molecule has 2 aromatic rings. The summed E-state index contributed by atoms with van der Waals surface area (Å²) in [7, 11) is 0. The van der Waals surface area contributed by atoms with Crippen LogP contribution in [0.15, 0.2) is 30.3 Å². The Morgan fingerprint density at radius 3 is 2.88 bits per heavy atom. The van der Waals surface area contributed by atoms with Crippen LogP contribution in [0, 0.1) is 0 Å². The third kappa shape index (κ3) is 1.56. The summed E-state index contributed by atoms with van der Waals surface area (Å²) in [6, 6.07) is 8.95. The van der Waals surface area contributed by atoms with Crippen molar-refractivity contribution in [3.05, 3.63) is 36.0 Å². The lowest BCUT2D eigenvalue weighted by Gasteiger charge is -2.02. The van der Waals surface area contributed by atoms with E-state index in [1.165, 1.54) is 0 Å². The van der Waals surface area contributed by atoms with Crippen LogP contribution in [0.3, 0.4) is 0 Å². The number of rotatable bonds is 1. The van der Waals surface area contributed by atoms with Crippen LogP contribution in [-0.2, 0) is 0 Å². The minimum atomic E-state index is 0.146. The number of benzene rings is 1. The van der Waals surface area contributed by atoms with Crippen LogP contribution < -0.4 is 5.32 Å². The summed E-state index contributed by atoms with van der Waals surface area (Å²) in [5.74, 6) is 0.725. The zero-order valence-electron chi connectivity index (χ0n) is 9.09. The van der Waals surface area contributed by atoms with E-state index in [0.717, 1.165) is 10.1 Å².